The van der Waals surface area contributed by atoms with Crippen molar-refractivity contribution in [3.05, 3.63) is 117 Å². The highest BCUT2D eigenvalue weighted by molar-refractivity contribution is 8.03. The third kappa shape index (κ3) is 6.13. The van der Waals surface area contributed by atoms with Gasteiger partial charge in [0.15, 0.2) is 5.78 Å². The van der Waals surface area contributed by atoms with Gasteiger partial charge in [-0.15, -0.1) is 0 Å². The zero-order valence-corrected chi connectivity index (χ0v) is 23.4. The summed E-state index contributed by atoms with van der Waals surface area (Å²) in [5.74, 6) is 0.271. The topological polar surface area (TPSA) is 91.2 Å². The molecule has 1 aliphatic heterocycles. The number of ketones is 1. The first-order valence-corrected chi connectivity index (χ1v) is 14.4. The van der Waals surface area contributed by atoms with Gasteiger partial charge in [-0.05, 0) is 73.2 Å². The molecule has 0 fully saturated rings. The lowest BCUT2D eigenvalue weighted by atomic mass is 9.77. The number of thioether (sulfide) groups is 1. The molecule has 6 nitrogen and oxygen atoms in total. The van der Waals surface area contributed by atoms with E-state index in [1.807, 2.05) is 86.6 Å². The van der Waals surface area contributed by atoms with Crippen molar-refractivity contribution in [2.45, 2.75) is 45.6 Å². The molecule has 7 heteroatoms. The Hall–Kier alpha value is -4.28. The van der Waals surface area contributed by atoms with E-state index in [0.717, 1.165) is 46.5 Å². The van der Waals surface area contributed by atoms with Crippen LogP contribution in [0.1, 0.15) is 47.4 Å². The molecule has 1 heterocycles. The molecule has 2 N–H and O–H groups in total. The van der Waals surface area contributed by atoms with E-state index in [9.17, 15) is 14.9 Å². The number of carbonyl (C=O) groups excluding carboxylic acids is 2. The number of nitriles is 1. The molecule has 3 aromatic rings. The fourth-order valence-electron chi connectivity index (χ4n) is 5.02. The van der Waals surface area contributed by atoms with Gasteiger partial charge in [-0.25, -0.2) is 0 Å². The zero-order valence-electron chi connectivity index (χ0n) is 22.6. The maximum absolute atomic E-state index is 13.1. The summed E-state index contributed by atoms with van der Waals surface area (Å²) in [6.45, 7) is 4.49. The molecule has 40 heavy (non-hydrogen) atoms. The number of nitrogens with zero attached hydrogens (tertiary/aromatic N) is 1. The minimum Gasteiger partial charge on any atom is -0.489 e. The molecule has 1 atom stereocenters. The second-order valence-corrected chi connectivity index (χ2v) is 11.0. The molecule has 0 spiro atoms. The molecule has 0 saturated carbocycles. The quantitative estimate of drug-likeness (QED) is 0.326. The summed E-state index contributed by atoms with van der Waals surface area (Å²) in [6, 6.07) is 25.7. The van der Waals surface area contributed by atoms with Crippen LogP contribution < -0.4 is 15.4 Å². The van der Waals surface area contributed by atoms with Gasteiger partial charge in [-0.1, -0.05) is 60.3 Å². The summed E-state index contributed by atoms with van der Waals surface area (Å²) in [5, 5.41) is 17.2. The average Bonchev–Trinajstić information content (AvgIpc) is 2.97. The molecular formula is C33H31N3O3S. The van der Waals surface area contributed by atoms with E-state index in [4.69, 9.17) is 4.74 Å². The van der Waals surface area contributed by atoms with Crippen LogP contribution in [0.25, 0.3) is 0 Å². The van der Waals surface area contributed by atoms with Crippen molar-refractivity contribution in [2.24, 2.45) is 0 Å². The smallest absolute Gasteiger partial charge is 0.234 e. The third-order valence-corrected chi connectivity index (χ3v) is 8.28. The van der Waals surface area contributed by atoms with Gasteiger partial charge in [0.05, 0.1) is 28.3 Å². The molecule has 1 amide bonds. The lowest BCUT2D eigenvalue weighted by Crippen LogP contribution is -2.31. The molecule has 202 valence electrons. The summed E-state index contributed by atoms with van der Waals surface area (Å²) in [5.41, 5.74) is 6.90. The predicted molar refractivity (Wildman–Crippen MR) is 159 cm³/mol. The van der Waals surface area contributed by atoms with E-state index >= 15 is 0 Å². The second kappa shape index (κ2) is 12.3. The Morgan fingerprint density at radius 2 is 1.82 bits per heavy atom. The standard InChI is InChI=1S/C33H31N3O3S/c1-21-11-14-25(17-22(21)2)35-30(38)20-40-33-27(18-34)31(32-28(36-33)9-6-10-29(32)37)24-12-15-26(16-13-24)39-19-23-7-4-3-5-8-23/h3-5,7-8,11-17,31,36H,6,9-10,19-20H2,1-2H3,(H,35,38)/t31-/m1/s1. The summed E-state index contributed by atoms with van der Waals surface area (Å²) in [7, 11) is 0. The Morgan fingerprint density at radius 3 is 2.55 bits per heavy atom. The number of allylic oxidation sites excluding steroid dienone is 3. The fourth-order valence-corrected chi connectivity index (χ4v) is 5.88. The van der Waals surface area contributed by atoms with Gasteiger partial charge in [0, 0.05) is 23.4 Å². The minimum atomic E-state index is -0.484. The Kier molecular flexibility index (Phi) is 8.37. The number of hydrogen-bond donors (Lipinski definition) is 2. The number of hydrogen-bond acceptors (Lipinski definition) is 6. The number of benzene rings is 3. The van der Waals surface area contributed by atoms with Crippen LogP contribution >= 0.6 is 11.8 Å². The SMILES string of the molecule is Cc1ccc(NC(=O)CSC2=C(C#N)[C@@H](c3ccc(OCc4ccccc4)cc3)C3=C(CCCC3=O)N2)cc1C. The summed E-state index contributed by atoms with van der Waals surface area (Å²) in [4.78, 5) is 25.9. The van der Waals surface area contributed by atoms with E-state index in [2.05, 4.69) is 16.7 Å². The number of anilines is 1. The lowest BCUT2D eigenvalue weighted by molar-refractivity contribution is -0.116. The molecule has 0 radical (unpaired) electrons. The Bertz CT molecular complexity index is 1540. The van der Waals surface area contributed by atoms with Gasteiger partial charge < -0.3 is 15.4 Å². The number of aryl methyl sites for hydroxylation is 2. The first kappa shape index (κ1) is 27.3. The van der Waals surface area contributed by atoms with E-state index in [0.29, 0.717) is 35.0 Å². The van der Waals surface area contributed by atoms with Crippen molar-refractivity contribution >= 4 is 29.1 Å². The minimum absolute atomic E-state index is 0.0624. The van der Waals surface area contributed by atoms with E-state index in [1.54, 1.807) is 0 Å². The number of dihydropyridines is 1. The van der Waals surface area contributed by atoms with E-state index < -0.39 is 5.92 Å². The molecule has 5 rings (SSSR count). The Balaban J connectivity index is 1.36. The van der Waals surface area contributed by atoms with Crippen molar-refractivity contribution in [1.82, 2.24) is 5.32 Å². The summed E-state index contributed by atoms with van der Waals surface area (Å²) in [6.07, 6.45) is 1.96. The maximum Gasteiger partial charge on any atom is 0.234 e. The van der Waals surface area contributed by atoms with Crippen LogP contribution in [-0.2, 0) is 16.2 Å². The summed E-state index contributed by atoms with van der Waals surface area (Å²) < 4.78 is 5.95. The van der Waals surface area contributed by atoms with Crippen molar-refractivity contribution in [3.63, 3.8) is 0 Å². The van der Waals surface area contributed by atoms with Gasteiger partial charge in [-0.3, -0.25) is 9.59 Å². The highest BCUT2D eigenvalue weighted by Gasteiger charge is 2.37. The van der Waals surface area contributed by atoms with Crippen LogP contribution in [0, 0.1) is 25.2 Å². The molecule has 1 aliphatic carbocycles. The van der Waals surface area contributed by atoms with Crippen molar-refractivity contribution in [1.29, 1.82) is 5.26 Å². The summed E-state index contributed by atoms with van der Waals surface area (Å²) >= 11 is 1.29. The number of carbonyl (C=O) groups is 2. The first-order valence-electron chi connectivity index (χ1n) is 13.4. The van der Waals surface area contributed by atoms with Crippen molar-refractivity contribution in [2.75, 3.05) is 11.1 Å². The number of nitrogens with one attached hydrogen (secondary N) is 2. The maximum atomic E-state index is 13.1. The molecule has 0 saturated heterocycles. The van der Waals surface area contributed by atoms with Gasteiger partial charge in [-0.2, -0.15) is 5.26 Å². The Morgan fingerprint density at radius 1 is 1.05 bits per heavy atom. The fraction of sp³-hybridized carbons (Fsp3) is 0.242. The van der Waals surface area contributed by atoms with Crippen LogP contribution in [0.4, 0.5) is 5.69 Å². The molecule has 0 aromatic heterocycles. The molecule has 2 aliphatic rings. The number of amides is 1. The monoisotopic (exact) mass is 549 g/mol. The van der Waals surface area contributed by atoms with Crippen LogP contribution in [0.15, 0.2) is 94.7 Å². The number of Topliss-reactive ketones (excluding diaryl/α,β-unsaturated/α-hetero) is 1. The van der Waals surface area contributed by atoms with Crippen molar-refractivity contribution < 1.29 is 14.3 Å². The Labute approximate surface area is 239 Å². The van der Waals surface area contributed by atoms with Gasteiger partial charge in [0.1, 0.15) is 12.4 Å². The predicted octanol–water partition coefficient (Wildman–Crippen LogP) is 6.68. The van der Waals surface area contributed by atoms with Crippen LogP contribution in [0.5, 0.6) is 5.75 Å². The van der Waals surface area contributed by atoms with E-state index in [1.165, 1.54) is 11.8 Å². The molecule has 3 aromatic carbocycles. The largest absolute Gasteiger partial charge is 0.489 e. The average molecular weight is 550 g/mol. The molecular weight excluding hydrogens is 518 g/mol. The normalized spacial score (nSPS) is 16.6. The third-order valence-electron chi connectivity index (χ3n) is 7.26. The van der Waals surface area contributed by atoms with Gasteiger partial charge >= 0.3 is 0 Å². The molecule has 0 bridgehead atoms. The lowest BCUT2D eigenvalue weighted by Gasteiger charge is -2.33. The van der Waals surface area contributed by atoms with Crippen LogP contribution in [0.3, 0.4) is 0 Å². The number of ether oxygens (including phenoxy) is 1. The van der Waals surface area contributed by atoms with Gasteiger partial charge in [0.2, 0.25) is 5.91 Å². The highest BCUT2D eigenvalue weighted by atomic mass is 32.2. The first-order chi connectivity index (χ1) is 19.4. The second-order valence-electron chi connectivity index (χ2n) is 10.1. The number of rotatable bonds is 8. The van der Waals surface area contributed by atoms with Crippen LogP contribution in [-0.4, -0.2) is 17.4 Å². The molecule has 0 unspecified atom stereocenters. The van der Waals surface area contributed by atoms with Crippen molar-refractivity contribution in [3.8, 4) is 11.8 Å². The zero-order chi connectivity index (χ0) is 28.1. The highest BCUT2D eigenvalue weighted by Crippen LogP contribution is 2.44. The van der Waals surface area contributed by atoms with E-state index in [-0.39, 0.29) is 17.4 Å². The van der Waals surface area contributed by atoms with Gasteiger partial charge in [0.25, 0.3) is 0 Å². The van der Waals surface area contributed by atoms with Crippen LogP contribution in [0.2, 0.25) is 0 Å².